The first-order chi connectivity index (χ1) is 9.85. The topological polar surface area (TPSA) is 60.2 Å². The van der Waals surface area contributed by atoms with Crippen LogP contribution in [0.3, 0.4) is 0 Å². The molecule has 2 heterocycles. The third-order valence-electron chi connectivity index (χ3n) is 3.68. The maximum Gasteiger partial charge on any atom is 0.226 e. The van der Waals surface area contributed by atoms with E-state index in [0.717, 1.165) is 42.5 Å². The van der Waals surface area contributed by atoms with E-state index in [0.29, 0.717) is 12.3 Å². The number of benzene rings is 1. The molecule has 1 saturated heterocycles. The average Bonchev–Trinajstić information content (AvgIpc) is 3.12. The van der Waals surface area contributed by atoms with Crippen molar-refractivity contribution in [1.82, 2.24) is 15.5 Å². The lowest BCUT2D eigenvalue weighted by atomic mass is 10.1. The molecule has 1 aliphatic rings. The van der Waals surface area contributed by atoms with Crippen molar-refractivity contribution in [3.8, 4) is 5.75 Å². The first-order valence-electron chi connectivity index (χ1n) is 6.99. The second-order valence-electron chi connectivity index (χ2n) is 5.16. The molecule has 0 aliphatic carbocycles. The Labute approximate surface area is 118 Å². The molecule has 0 saturated carbocycles. The number of hydrogen-bond acceptors (Lipinski definition) is 5. The molecular formula is C15H19N3O2. The Morgan fingerprint density at radius 2 is 2.30 bits per heavy atom. The summed E-state index contributed by atoms with van der Waals surface area (Å²) >= 11 is 0. The van der Waals surface area contributed by atoms with Gasteiger partial charge in [0.15, 0.2) is 5.82 Å². The molecule has 1 aliphatic heterocycles. The Balaban J connectivity index is 1.67. The Morgan fingerprint density at radius 3 is 3.10 bits per heavy atom. The average molecular weight is 273 g/mol. The highest BCUT2D eigenvalue weighted by molar-refractivity contribution is 5.35. The van der Waals surface area contributed by atoms with E-state index in [1.54, 1.807) is 7.11 Å². The minimum atomic E-state index is 0.620. The number of hydrogen-bond donors (Lipinski definition) is 1. The summed E-state index contributed by atoms with van der Waals surface area (Å²) < 4.78 is 10.7. The van der Waals surface area contributed by atoms with Gasteiger partial charge >= 0.3 is 0 Å². The van der Waals surface area contributed by atoms with Gasteiger partial charge in [-0.3, -0.25) is 0 Å². The van der Waals surface area contributed by atoms with Gasteiger partial charge in [0, 0.05) is 18.4 Å². The zero-order chi connectivity index (χ0) is 13.8. The van der Waals surface area contributed by atoms with Crippen LogP contribution in [0.25, 0.3) is 0 Å². The Kier molecular flexibility index (Phi) is 3.97. The van der Waals surface area contributed by atoms with Gasteiger partial charge in [-0.05, 0) is 31.5 Å². The van der Waals surface area contributed by atoms with E-state index in [2.05, 4.69) is 15.5 Å². The van der Waals surface area contributed by atoms with Gasteiger partial charge in [-0.15, -0.1) is 0 Å². The highest BCUT2D eigenvalue weighted by Crippen LogP contribution is 2.20. The van der Waals surface area contributed by atoms with Crippen molar-refractivity contribution >= 4 is 0 Å². The summed E-state index contributed by atoms with van der Waals surface area (Å²) in [4.78, 5) is 4.48. The fourth-order valence-corrected chi connectivity index (χ4v) is 2.60. The van der Waals surface area contributed by atoms with E-state index in [9.17, 15) is 0 Å². The first kappa shape index (κ1) is 13.1. The number of nitrogens with zero attached hydrogens (tertiary/aromatic N) is 2. The van der Waals surface area contributed by atoms with Gasteiger partial charge < -0.3 is 14.6 Å². The summed E-state index contributed by atoms with van der Waals surface area (Å²) in [7, 11) is 1.67. The molecule has 20 heavy (non-hydrogen) atoms. The summed E-state index contributed by atoms with van der Waals surface area (Å²) in [6.07, 6.45) is 2.69. The Morgan fingerprint density at radius 1 is 1.40 bits per heavy atom. The summed E-state index contributed by atoms with van der Waals surface area (Å²) in [5.74, 6) is 2.94. The van der Waals surface area contributed by atoms with Crippen molar-refractivity contribution < 1.29 is 9.26 Å². The summed E-state index contributed by atoms with van der Waals surface area (Å²) in [6.45, 7) is 2.14. The second kappa shape index (κ2) is 6.05. The summed E-state index contributed by atoms with van der Waals surface area (Å²) in [6, 6.07) is 7.91. The third kappa shape index (κ3) is 2.99. The van der Waals surface area contributed by atoms with E-state index >= 15 is 0 Å². The van der Waals surface area contributed by atoms with Crippen LogP contribution in [-0.4, -0.2) is 30.3 Å². The van der Waals surface area contributed by atoms with Gasteiger partial charge in [0.1, 0.15) is 5.75 Å². The maximum absolute atomic E-state index is 5.34. The highest BCUT2D eigenvalue weighted by atomic mass is 16.5. The number of rotatable bonds is 5. The molecule has 2 aromatic rings. The van der Waals surface area contributed by atoms with Gasteiger partial charge in [0.25, 0.3) is 0 Å². The normalized spacial score (nSPS) is 18.4. The lowest BCUT2D eigenvalue weighted by molar-refractivity contribution is 0.354. The van der Waals surface area contributed by atoms with Crippen LogP contribution in [0.1, 0.15) is 23.7 Å². The molecule has 1 fully saturated rings. The molecule has 106 valence electrons. The van der Waals surface area contributed by atoms with Gasteiger partial charge in [0.2, 0.25) is 5.89 Å². The van der Waals surface area contributed by atoms with Crippen LogP contribution in [0.4, 0.5) is 0 Å². The van der Waals surface area contributed by atoms with Gasteiger partial charge in [-0.25, -0.2) is 0 Å². The fourth-order valence-electron chi connectivity index (χ4n) is 2.60. The SMILES string of the molecule is COc1ccccc1Cc1noc(CC2CCNC2)n1. The molecule has 1 N–H and O–H groups in total. The first-order valence-corrected chi connectivity index (χ1v) is 6.99. The number of para-hydroxylation sites is 1. The molecule has 1 atom stereocenters. The molecule has 0 bridgehead atoms. The summed E-state index contributed by atoms with van der Waals surface area (Å²) in [5.41, 5.74) is 1.07. The van der Waals surface area contributed by atoms with Gasteiger partial charge in [0.05, 0.1) is 7.11 Å². The maximum atomic E-state index is 5.34. The van der Waals surface area contributed by atoms with E-state index in [1.165, 1.54) is 6.42 Å². The van der Waals surface area contributed by atoms with Crippen molar-refractivity contribution in [1.29, 1.82) is 0 Å². The fraction of sp³-hybridized carbons (Fsp3) is 0.467. The molecule has 0 radical (unpaired) electrons. The van der Waals surface area contributed by atoms with Crippen molar-refractivity contribution in [2.24, 2.45) is 5.92 Å². The largest absolute Gasteiger partial charge is 0.496 e. The molecule has 1 aromatic heterocycles. The summed E-state index contributed by atoms with van der Waals surface area (Å²) in [5, 5.41) is 7.41. The lowest BCUT2D eigenvalue weighted by Crippen LogP contribution is -2.10. The van der Waals surface area contributed by atoms with Crippen LogP contribution in [-0.2, 0) is 12.8 Å². The van der Waals surface area contributed by atoms with Crippen LogP contribution in [0, 0.1) is 5.92 Å². The lowest BCUT2D eigenvalue weighted by Gasteiger charge is -2.05. The van der Waals surface area contributed by atoms with Crippen molar-refractivity contribution in [3.05, 3.63) is 41.5 Å². The van der Waals surface area contributed by atoms with Crippen LogP contribution < -0.4 is 10.1 Å². The number of methoxy groups -OCH3 is 1. The monoisotopic (exact) mass is 273 g/mol. The van der Waals surface area contributed by atoms with Crippen LogP contribution in [0.15, 0.2) is 28.8 Å². The molecule has 0 spiro atoms. The number of nitrogens with one attached hydrogen (secondary N) is 1. The molecular weight excluding hydrogens is 254 g/mol. The van der Waals surface area contributed by atoms with E-state index in [4.69, 9.17) is 9.26 Å². The zero-order valence-corrected chi connectivity index (χ0v) is 11.6. The van der Waals surface area contributed by atoms with Gasteiger partial charge in [-0.2, -0.15) is 4.98 Å². The zero-order valence-electron chi connectivity index (χ0n) is 11.6. The van der Waals surface area contributed by atoms with Crippen LogP contribution in [0.2, 0.25) is 0 Å². The Bertz CT molecular complexity index is 562. The van der Waals surface area contributed by atoms with Crippen LogP contribution >= 0.6 is 0 Å². The Hall–Kier alpha value is -1.88. The van der Waals surface area contributed by atoms with Crippen molar-refractivity contribution in [2.75, 3.05) is 20.2 Å². The molecule has 1 aromatic carbocycles. The second-order valence-corrected chi connectivity index (χ2v) is 5.16. The smallest absolute Gasteiger partial charge is 0.226 e. The van der Waals surface area contributed by atoms with E-state index < -0.39 is 0 Å². The molecule has 5 nitrogen and oxygen atoms in total. The number of ether oxygens (including phenoxy) is 1. The third-order valence-corrected chi connectivity index (χ3v) is 3.68. The number of aromatic nitrogens is 2. The molecule has 5 heteroatoms. The van der Waals surface area contributed by atoms with Gasteiger partial charge in [-0.1, -0.05) is 23.4 Å². The molecule has 3 rings (SSSR count). The molecule has 1 unspecified atom stereocenters. The standard InChI is InChI=1S/C15H19N3O2/c1-19-13-5-3-2-4-12(13)9-14-17-15(20-18-14)8-11-6-7-16-10-11/h2-5,11,16H,6-10H2,1H3. The predicted molar refractivity (Wildman–Crippen MR) is 74.8 cm³/mol. The van der Waals surface area contributed by atoms with Crippen LogP contribution in [0.5, 0.6) is 5.75 Å². The van der Waals surface area contributed by atoms with Crippen molar-refractivity contribution in [3.63, 3.8) is 0 Å². The minimum Gasteiger partial charge on any atom is -0.496 e. The predicted octanol–water partition coefficient (Wildman–Crippen LogP) is 1.82. The van der Waals surface area contributed by atoms with Crippen molar-refractivity contribution in [2.45, 2.75) is 19.3 Å². The van der Waals surface area contributed by atoms with E-state index in [-0.39, 0.29) is 0 Å². The minimum absolute atomic E-state index is 0.620. The quantitative estimate of drug-likeness (QED) is 0.900. The van der Waals surface area contributed by atoms with E-state index in [1.807, 2.05) is 24.3 Å². The highest BCUT2D eigenvalue weighted by Gasteiger charge is 2.18. The molecule has 0 amide bonds.